The van der Waals surface area contributed by atoms with Gasteiger partial charge in [-0.2, -0.15) is 0 Å². The minimum Gasteiger partial charge on any atom is -0.496 e. The van der Waals surface area contributed by atoms with Crippen LogP contribution >= 0.6 is 0 Å². The summed E-state index contributed by atoms with van der Waals surface area (Å²) in [5.74, 6) is -2.02. The smallest absolute Gasteiger partial charge is 0.196 e. The first-order valence-electron chi connectivity index (χ1n) is 6.09. The fourth-order valence-corrected chi connectivity index (χ4v) is 2.24. The van der Waals surface area contributed by atoms with E-state index in [-0.39, 0.29) is 5.56 Å². The van der Waals surface area contributed by atoms with Crippen LogP contribution in [0.25, 0.3) is 0 Å². The third kappa shape index (κ3) is 2.41. The zero-order valence-electron chi connectivity index (χ0n) is 11.5. The molecule has 0 saturated heterocycles. The number of ether oxygens (including phenoxy) is 1. The highest BCUT2D eigenvalue weighted by atomic mass is 19.2. The van der Waals surface area contributed by atoms with Crippen molar-refractivity contribution in [3.05, 3.63) is 64.2 Å². The van der Waals surface area contributed by atoms with Crippen molar-refractivity contribution in [2.45, 2.75) is 13.8 Å². The Morgan fingerprint density at radius 1 is 1.10 bits per heavy atom. The lowest BCUT2D eigenvalue weighted by atomic mass is 9.98. The van der Waals surface area contributed by atoms with Gasteiger partial charge in [0.1, 0.15) is 5.75 Å². The van der Waals surface area contributed by atoms with Crippen molar-refractivity contribution in [2.75, 3.05) is 7.11 Å². The van der Waals surface area contributed by atoms with Crippen LogP contribution in [0, 0.1) is 25.5 Å². The Balaban J connectivity index is 2.52. The molecule has 0 N–H and O–H groups in total. The standard InChI is InChI=1S/C16H14F2O2/c1-9-7-11(8-10(2)16(9)20-3)15(19)12-5-4-6-13(17)14(12)18/h4-8H,1-3H3. The molecule has 0 atom stereocenters. The van der Waals surface area contributed by atoms with Crippen LogP contribution in [0.1, 0.15) is 27.0 Å². The average Bonchev–Trinajstić information content (AvgIpc) is 2.41. The van der Waals surface area contributed by atoms with E-state index in [4.69, 9.17) is 4.74 Å². The number of hydrogen-bond acceptors (Lipinski definition) is 2. The largest absolute Gasteiger partial charge is 0.496 e. The highest BCUT2D eigenvalue weighted by Gasteiger charge is 2.18. The Kier molecular flexibility index (Phi) is 3.84. The molecular weight excluding hydrogens is 262 g/mol. The maximum absolute atomic E-state index is 13.7. The number of benzene rings is 2. The van der Waals surface area contributed by atoms with Gasteiger partial charge in [-0.15, -0.1) is 0 Å². The van der Waals surface area contributed by atoms with E-state index in [1.807, 2.05) is 0 Å². The highest BCUT2D eigenvalue weighted by molar-refractivity contribution is 6.09. The zero-order chi connectivity index (χ0) is 14.9. The molecule has 2 aromatic rings. The molecule has 0 fully saturated rings. The van der Waals surface area contributed by atoms with Crippen LogP contribution in [0.3, 0.4) is 0 Å². The molecule has 0 unspecified atom stereocenters. The Bertz CT molecular complexity index is 655. The van der Waals surface area contributed by atoms with Gasteiger partial charge in [0.2, 0.25) is 0 Å². The summed E-state index contributed by atoms with van der Waals surface area (Å²) < 4.78 is 32.1. The summed E-state index contributed by atoms with van der Waals surface area (Å²) in [5.41, 5.74) is 1.58. The van der Waals surface area contributed by atoms with E-state index in [2.05, 4.69) is 0 Å². The minimum absolute atomic E-state index is 0.269. The number of carbonyl (C=O) groups is 1. The van der Waals surface area contributed by atoms with Crippen molar-refractivity contribution in [3.8, 4) is 5.75 Å². The third-order valence-electron chi connectivity index (χ3n) is 3.12. The Hall–Kier alpha value is -2.23. The minimum atomic E-state index is -1.12. The third-order valence-corrected chi connectivity index (χ3v) is 3.12. The van der Waals surface area contributed by atoms with Gasteiger partial charge in [0.15, 0.2) is 17.4 Å². The molecule has 104 valence electrons. The van der Waals surface area contributed by atoms with Gasteiger partial charge in [0.25, 0.3) is 0 Å². The number of rotatable bonds is 3. The van der Waals surface area contributed by atoms with Crippen LogP contribution in [0.5, 0.6) is 5.75 Å². The molecule has 20 heavy (non-hydrogen) atoms. The van der Waals surface area contributed by atoms with E-state index >= 15 is 0 Å². The van der Waals surface area contributed by atoms with Crippen LogP contribution in [0.4, 0.5) is 8.78 Å². The van der Waals surface area contributed by atoms with Gasteiger partial charge in [-0.3, -0.25) is 4.79 Å². The van der Waals surface area contributed by atoms with Gasteiger partial charge in [-0.1, -0.05) is 6.07 Å². The summed E-state index contributed by atoms with van der Waals surface area (Å²) in [6.45, 7) is 3.59. The molecule has 0 aliphatic carbocycles. The van der Waals surface area contributed by atoms with Crippen molar-refractivity contribution in [1.82, 2.24) is 0 Å². The van der Waals surface area contributed by atoms with Gasteiger partial charge in [0, 0.05) is 5.56 Å². The van der Waals surface area contributed by atoms with E-state index in [1.165, 1.54) is 12.1 Å². The molecule has 2 nitrogen and oxygen atoms in total. The number of ketones is 1. The Labute approximate surface area is 116 Å². The van der Waals surface area contributed by atoms with Crippen molar-refractivity contribution in [1.29, 1.82) is 0 Å². The van der Waals surface area contributed by atoms with Gasteiger partial charge >= 0.3 is 0 Å². The first-order chi connectivity index (χ1) is 9.45. The van der Waals surface area contributed by atoms with E-state index < -0.39 is 17.4 Å². The predicted molar refractivity (Wildman–Crippen MR) is 72.3 cm³/mol. The number of carbonyl (C=O) groups excluding carboxylic acids is 1. The summed E-state index contributed by atoms with van der Waals surface area (Å²) in [4.78, 5) is 12.3. The second kappa shape index (κ2) is 5.41. The Morgan fingerprint density at radius 3 is 2.25 bits per heavy atom. The van der Waals surface area contributed by atoms with Crippen molar-refractivity contribution < 1.29 is 18.3 Å². The molecule has 4 heteroatoms. The normalized spacial score (nSPS) is 10.4. The molecule has 0 spiro atoms. The zero-order valence-corrected chi connectivity index (χ0v) is 11.5. The molecule has 0 saturated carbocycles. The summed E-state index contributed by atoms with van der Waals surface area (Å²) in [7, 11) is 1.54. The number of aryl methyl sites for hydroxylation is 2. The molecule has 0 aromatic heterocycles. The van der Waals surface area contributed by atoms with Crippen molar-refractivity contribution in [3.63, 3.8) is 0 Å². The summed E-state index contributed by atoms with van der Waals surface area (Å²) in [6.07, 6.45) is 0. The molecular formula is C16H14F2O2. The topological polar surface area (TPSA) is 26.3 Å². The SMILES string of the molecule is COc1c(C)cc(C(=O)c2cccc(F)c2F)cc1C. The van der Waals surface area contributed by atoms with Crippen LogP contribution in [0.2, 0.25) is 0 Å². The quantitative estimate of drug-likeness (QED) is 0.797. The van der Waals surface area contributed by atoms with Crippen molar-refractivity contribution in [2.24, 2.45) is 0 Å². The fourth-order valence-electron chi connectivity index (χ4n) is 2.24. The highest BCUT2D eigenvalue weighted by Crippen LogP contribution is 2.26. The molecule has 0 aliphatic rings. The van der Waals surface area contributed by atoms with Crippen LogP contribution in [-0.4, -0.2) is 12.9 Å². The van der Waals surface area contributed by atoms with E-state index in [1.54, 1.807) is 33.1 Å². The lowest BCUT2D eigenvalue weighted by Gasteiger charge is -2.11. The van der Waals surface area contributed by atoms with Crippen LogP contribution in [-0.2, 0) is 0 Å². The average molecular weight is 276 g/mol. The number of halogens is 2. The summed E-state index contributed by atoms with van der Waals surface area (Å²) in [5, 5.41) is 0. The van der Waals surface area contributed by atoms with Gasteiger partial charge in [-0.05, 0) is 49.2 Å². The molecule has 0 amide bonds. The second-order valence-electron chi connectivity index (χ2n) is 4.57. The van der Waals surface area contributed by atoms with Gasteiger partial charge in [-0.25, -0.2) is 8.78 Å². The first kappa shape index (κ1) is 14.2. The second-order valence-corrected chi connectivity index (χ2v) is 4.57. The number of methoxy groups -OCH3 is 1. The molecule has 2 rings (SSSR count). The fraction of sp³-hybridized carbons (Fsp3) is 0.188. The summed E-state index contributed by atoms with van der Waals surface area (Å²) in [6, 6.07) is 6.79. The lowest BCUT2D eigenvalue weighted by Crippen LogP contribution is -2.07. The van der Waals surface area contributed by atoms with E-state index in [9.17, 15) is 13.6 Å². The van der Waals surface area contributed by atoms with E-state index in [0.717, 1.165) is 17.2 Å². The van der Waals surface area contributed by atoms with Crippen molar-refractivity contribution >= 4 is 5.78 Å². The lowest BCUT2D eigenvalue weighted by molar-refractivity contribution is 0.103. The monoisotopic (exact) mass is 276 g/mol. The Morgan fingerprint density at radius 2 is 1.70 bits per heavy atom. The molecule has 0 radical (unpaired) electrons. The molecule has 0 aliphatic heterocycles. The summed E-state index contributed by atoms with van der Waals surface area (Å²) >= 11 is 0. The molecule has 0 bridgehead atoms. The first-order valence-corrected chi connectivity index (χ1v) is 6.09. The van der Waals surface area contributed by atoms with Crippen LogP contribution < -0.4 is 4.74 Å². The van der Waals surface area contributed by atoms with E-state index in [0.29, 0.717) is 11.3 Å². The number of hydrogen-bond donors (Lipinski definition) is 0. The van der Waals surface area contributed by atoms with Gasteiger partial charge in [0.05, 0.1) is 12.7 Å². The maximum Gasteiger partial charge on any atom is 0.196 e. The van der Waals surface area contributed by atoms with Crippen LogP contribution in [0.15, 0.2) is 30.3 Å². The molecule has 2 aromatic carbocycles. The predicted octanol–water partition coefficient (Wildman–Crippen LogP) is 3.82. The molecule has 0 heterocycles. The van der Waals surface area contributed by atoms with Gasteiger partial charge < -0.3 is 4.74 Å². The maximum atomic E-state index is 13.7.